The van der Waals surface area contributed by atoms with Gasteiger partial charge < -0.3 is 10.1 Å². The fourth-order valence-electron chi connectivity index (χ4n) is 2.48. The third-order valence-electron chi connectivity index (χ3n) is 3.61. The summed E-state index contributed by atoms with van der Waals surface area (Å²) in [7, 11) is 0. The molecule has 1 amide bonds. The fourth-order valence-corrected chi connectivity index (χ4v) is 2.72. The van der Waals surface area contributed by atoms with Crippen molar-refractivity contribution in [2.24, 2.45) is 0 Å². The summed E-state index contributed by atoms with van der Waals surface area (Å²) in [5, 5.41) is 3.42. The molecule has 0 bridgehead atoms. The van der Waals surface area contributed by atoms with Gasteiger partial charge in [0.25, 0.3) is 5.91 Å². The SMILES string of the molecule is CCOc1ccc(C(=O)NCCC2=CCCCC2)cc1Cl. The molecule has 1 N–H and O–H groups in total. The number of carbonyl (C=O) groups excluding carboxylic acids is 1. The number of rotatable bonds is 6. The van der Waals surface area contributed by atoms with Crippen LogP contribution in [0.2, 0.25) is 5.02 Å². The van der Waals surface area contributed by atoms with E-state index in [0.29, 0.717) is 29.5 Å². The minimum absolute atomic E-state index is 0.0867. The normalized spacial score (nSPS) is 14.5. The van der Waals surface area contributed by atoms with E-state index in [2.05, 4.69) is 11.4 Å². The van der Waals surface area contributed by atoms with Crippen molar-refractivity contribution in [1.82, 2.24) is 5.32 Å². The van der Waals surface area contributed by atoms with Crippen molar-refractivity contribution in [2.75, 3.05) is 13.2 Å². The van der Waals surface area contributed by atoms with Crippen LogP contribution in [0.4, 0.5) is 0 Å². The van der Waals surface area contributed by atoms with Gasteiger partial charge in [-0.3, -0.25) is 4.79 Å². The van der Waals surface area contributed by atoms with Crippen LogP contribution in [-0.4, -0.2) is 19.1 Å². The van der Waals surface area contributed by atoms with Crippen LogP contribution in [0.25, 0.3) is 0 Å². The van der Waals surface area contributed by atoms with E-state index < -0.39 is 0 Å². The van der Waals surface area contributed by atoms with Gasteiger partial charge in [-0.25, -0.2) is 0 Å². The molecule has 1 aliphatic carbocycles. The summed E-state index contributed by atoms with van der Waals surface area (Å²) >= 11 is 6.09. The lowest BCUT2D eigenvalue weighted by atomic mass is 9.97. The Labute approximate surface area is 131 Å². The zero-order chi connectivity index (χ0) is 15.1. The number of ether oxygens (including phenoxy) is 1. The van der Waals surface area contributed by atoms with Gasteiger partial charge >= 0.3 is 0 Å². The standard InChI is InChI=1S/C17H22ClNO2/c1-2-21-16-9-8-14(12-15(16)18)17(20)19-11-10-13-6-4-3-5-7-13/h6,8-9,12H,2-5,7,10-11H2,1H3,(H,19,20). The minimum Gasteiger partial charge on any atom is -0.492 e. The molecule has 114 valence electrons. The monoisotopic (exact) mass is 307 g/mol. The second-order valence-corrected chi connectivity index (χ2v) is 5.60. The highest BCUT2D eigenvalue weighted by atomic mass is 35.5. The summed E-state index contributed by atoms with van der Waals surface area (Å²) in [6, 6.07) is 5.14. The molecule has 0 atom stereocenters. The molecule has 4 heteroatoms. The zero-order valence-electron chi connectivity index (χ0n) is 12.5. The van der Waals surface area contributed by atoms with Crippen LogP contribution in [0.1, 0.15) is 49.4 Å². The smallest absolute Gasteiger partial charge is 0.251 e. The van der Waals surface area contributed by atoms with Gasteiger partial charge in [0.15, 0.2) is 0 Å². The molecule has 0 unspecified atom stereocenters. The molecular formula is C17H22ClNO2. The molecule has 0 fully saturated rings. The highest BCUT2D eigenvalue weighted by Crippen LogP contribution is 2.25. The van der Waals surface area contributed by atoms with Gasteiger partial charge in [-0.2, -0.15) is 0 Å². The first-order chi connectivity index (χ1) is 10.2. The third-order valence-corrected chi connectivity index (χ3v) is 3.91. The molecule has 0 heterocycles. The van der Waals surface area contributed by atoms with Crippen LogP contribution in [-0.2, 0) is 0 Å². The van der Waals surface area contributed by atoms with Gasteiger partial charge in [-0.05, 0) is 57.2 Å². The molecule has 0 saturated carbocycles. The molecule has 21 heavy (non-hydrogen) atoms. The molecule has 0 radical (unpaired) electrons. The predicted molar refractivity (Wildman–Crippen MR) is 86.1 cm³/mol. The summed E-state index contributed by atoms with van der Waals surface area (Å²) in [6.45, 7) is 3.13. The molecule has 0 aliphatic heterocycles. The molecule has 0 spiro atoms. The van der Waals surface area contributed by atoms with Crippen molar-refractivity contribution in [3.63, 3.8) is 0 Å². The van der Waals surface area contributed by atoms with E-state index in [1.807, 2.05) is 6.92 Å². The first-order valence-electron chi connectivity index (χ1n) is 7.59. The maximum atomic E-state index is 12.1. The fraction of sp³-hybridized carbons (Fsp3) is 0.471. The molecule has 0 saturated heterocycles. The summed E-state index contributed by atoms with van der Waals surface area (Å²) in [5.41, 5.74) is 2.03. The van der Waals surface area contributed by atoms with Crippen LogP contribution in [0.15, 0.2) is 29.8 Å². The van der Waals surface area contributed by atoms with Crippen molar-refractivity contribution >= 4 is 17.5 Å². The molecule has 3 nitrogen and oxygen atoms in total. The van der Waals surface area contributed by atoms with Crippen LogP contribution in [0.5, 0.6) is 5.75 Å². The highest BCUT2D eigenvalue weighted by molar-refractivity contribution is 6.32. The van der Waals surface area contributed by atoms with E-state index in [9.17, 15) is 4.79 Å². The van der Waals surface area contributed by atoms with Gasteiger partial charge in [-0.1, -0.05) is 23.3 Å². The molecular weight excluding hydrogens is 286 g/mol. The van der Waals surface area contributed by atoms with Crippen molar-refractivity contribution in [2.45, 2.75) is 39.0 Å². The number of benzene rings is 1. The second kappa shape index (κ2) is 8.08. The van der Waals surface area contributed by atoms with Crippen molar-refractivity contribution in [3.05, 3.63) is 40.4 Å². The number of carbonyl (C=O) groups is 1. The van der Waals surface area contributed by atoms with Crippen LogP contribution < -0.4 is 10.1 Å². The summed E-state index contributed by atoms with van der Waals surface area (Å²) < 4.78 is 5.36. The maximum Gasteiger partial charge on any atom is 0.251 e. The second-order valence-electron chi connectivity index (χ2n) is 5.19. The Bertz CT molecular complexity index is 526. The number of amides is 1. The first kappa shape index (κ1) is 15.9. The number of hydrogen-bond acceptors (Lipinski definition) is 2. The van der Waals surface area contributed by atoms with Gasteiger partial charge in [0.1, 0.15) is 5.75 Å². The van der Waals surface area contributed by atoms with Crippen molar-refractivity contribution in [3.8, 4) is 5.75 Å². The molecule has 2 rings (SSSR count). The third kappa shape index (κ3) is 4.78. The quantitative estimate of drug-likeness (QED) is 0.793. The van der Waals surface area contributed by atoms with E-state index >= 15 is 0 Å². The number of nitrogens with one attached hydrogen (secondary N) is 1. The Morgan fingerprint density at radius 3 is 2.90 bits per heavy atom. The predicted octanol–water partition coefficient (Wildman–Crippen LogP) is 4.36. The Hall–Kier alpha value is -1.48. The van der Waals surface area contributed by atoms with E-state index in [4.69, 9.17) is 16.3 Å². The lowest BCUT2D eigenvalue weighted by molar-refractivity contribution is 0.0954. The molecule has 1 aromatic rings. The number of halogens is 1. The lowest BCUT2D eigenvalue weighted by Gasteiger charge is -2.13. The van der Waals surface area contributed by atoms with Gasteiger partial charge in [0, 0.05) is 12.1 Å². The maximum absolute atomic E-state index is 12.1. The number of allylic oxidation sites excluding steroid dienone is 1. The average molecular weight is 308 g/mol. The van der Waals surface area contributed by atoms with E-state index in [-0.39, 0.29) is 5.91 Å². The van der Waals surface area contributed by atoms with E-state index in [0.717, 1.165) is 6.42 Å². The Balaban J connectivity index is 1.85. The van der Waals surface area contributed by atoms with Crippen molar-refractivity contribution < 1.29 is 9.53 Å². The van der Waals surface area contributed by atoms with Gasteiger partial charge in [-0.15, -0.1) is 0 Å². The van der Waals surface area contributed by atoms with Crippen molar-refractivity contribution in [1.29, 1.82) is 0 Å². The molecule has 1 aromatic carbocycles. The minimum atomic E-state index is -0.0867. The van der Waals surface area contributed by atoms with E-state index in [1.165, 1.54) is 31.3 Å². The Morgan fingerprint density at radius 1 is 1.38 bits per heavy atom. The molecule has 1 aliphatic rings. The highest BCUT2D eigenvalue weighted by Gasteiger charge is 2.10. The van der Waals surface area contributed by atoms with Gasteiger partial charge in [0.05, 0.1) is 11.6 Å². The van der Waals surface area contributed by atoms with Crippen LogP contribution >= 0.6 is 11.6 Å². The van der Waals surface area contributed by atoms with E-state index in [1.54, 1.807) is 18.2 Å². The lowest BCUT2D eigenvalue weighted by Crippen LogP contribution is -2.24. The summed E-state index contributed by atoms with van der Waals surface area (Å²) in [6.07, 6.45) is 8.16. The van der Waals surface area contributed by atoms with Crippen LogP contribution in [0, 0.1) is 0 Å². The van der Waals surface area contributed by atoms with Gasteiger partial charge in [0.2, 0.25) is 0 Å². The Morgan fingerprint density at radius 2 is 2.24 bits per heavy atom. The molecule has 0 aromatic heterocycles. The Kier molecular flexibility index (Phi) is 6.12. The first-order valence-corrected chi connectivity index (χ1v) is 7.97. The van der Waals surface area contributed by atoms with Crippen LogP contribution in [0.3, 0.4) is 0 Å². The zero-order valence-corrected chi connectivity index (χ0v) is 13.2. The largest absolute Gasteiger partial charge is 0.492 e. The topological polar surface area (TPSA) is 38.3 Å². The summed E-state index contributed by atoms with van der Waals surface area (Å²) in [5.74, 6) is 0.527. The summed E-state index contributed by atoms with van der Waals surface area (Å²) in [4.78, 5) is 12.1. The number of hydrogen-bond donors (Lipinski definition) is 1. The average Bonchev–Trinajstić information content (AvgIpc) is 2.50.